The Hall–Kier alpha value is -0.780. The van der Waals surface area contributed by atoms with E-state index in [1.54, 1.807) is 14.1 Å². The first-order valence-corrected chi connectivity index (χ1v) is 6.32. The van der Waals surface area contributed by atoms with Gasteiger partial charge in [-0.15, -0.1) is 0 Å². The van der Waals surface area contributed by atoms with Crippen molar-refractivity contribution in [3.05, 3.63) is 0 Å². The van der Waals surface area contributed by atoms with E-state index in [4.69, 9.17) is 0 Å². The lowest BCUT2D eigenvalue weighted by atomic mass is 10.4. The van der Waals surface area contributed by atoms with Gasteiger partial charge in [-0.2, -0.15) is 0 Å². The van der Waals surface area contributed by atoms with E-state index in [-0.39, 0.29) is 12.6 Å². The molecule has 1 rings (SSSR count). The summed E-state index contributed by atoms with van der Waals surface area (Å²) in [7, 11) is 0.195. The maximum absolute atomic E-state index is 11.3. The largest absolute Gasteiger partial charge is 0.336 e. The van der Waals surface area contributed by atoms with Crippen LogP contribution in [0.2, 0.25) is 0 Å². The summed E-state index contributed by atoms with van der Waals surface area (Å²) < 4.78 is 22.0. The van der Waals surface area contributed by atoms with E-state index in [9.17, 15) is 13.2 Å². The first-order valence-electron chi connectivity index (χ1n) is 4.43. The normalized spacial score (nSPS) is 18.8. The van der Waals surface area contributed by atoms with Crippen molar-refractivity contribution in [2.75, 3.05) is 26.9 Å². The van der Waals surface area contributed by atoms with Crippen molar-refractivity contribution in [1.82, 2.24) is 10.2 Å². The minimum Gasteiger partial charge on any atom is -0.336 e. The number of carbonyl (C=O) groups excluding carboxylic acids is 1. The number of amides is 2. The van der Waals surface area contributed by atoms with E-state index in [0.717, 1.165) is 0 Å². The van der Waals surface area contributed by atoms with Crippen molar-refractivity contribution < 1.29 is 13.2 Å². The molecule has 82 valence electrons. The number of hydrogen-bond acceptors (Lipinski definition) is 3. The zero-order chi connectivity index (χ0) is 11.0. The van der Waals surface area contributed by atoms with Crippen molar-refractivity contribution in [3.8, 4) is 0 Å². The second-order valence-corrected chi connectivity index (χ2v) is 6.42. The third-order valence-electron chi connectivity index (χ3n) is 2.56. The van der Waals surface area contributed by atoms with Crippen molar-refractivity contribution in [1.29, 1.82) is 0 Å². The van der Waals surface area contributed by atoms with Crippen LogP contribution in [-0.2, 0) is 9.84 Å². The monoisotopic (exact) mass is 220 g/mol. The summed E-state index contributed by atoms with van der Waals surface area (Å²) in [6, 6.07) is -0.250. The Morgan fingerprint density at radius 1 is 1.43 bits per heavy atom. The zero-order valence-electron chi connectivity index (χ0n) is 8.70. The minimum atomic E-state index is -3.05. The van der Waals surface area contributed by atoms with Gasteiger partial charge < -0.3 is 10.2 Å². The molecular weight excluding hydrogens is 204 g/mol. The molecule has 2 amide bonds. The molecule has 0 aromatic carbocycles. The maximum atomic E-state index is 11.3. The molecule has 6 heteroatoms. The SMILES string of the molecule is CN(C)C(=O)NCC1(S(C)(=O)=O)CC1. The number of sulfone groups is 1. The summed E-state index contributed by atoms with van der Waals surface area (Å²) in [6.45, 7) is 0.225. The lowest BCUT2D eigenvalue weighted by molar-refractivity contribution is 0.217. The fraction of sp³-hybridized carbons (Fsp3) is 0.875. The van der Waals surface area contributed by atoms with E-state index >= 15 is 0 Å². The summed E-state index contributed by atoms with van der Waals surface area (Å²) in [6.07, 6.45) is 2.53. The number of hydrogen-bond donors (Lipinski definition) is 1. The third-order valence-corrected chi connectivity index (χ3v) is 4.69. The molecule has 0 spiro atoms. The van der Waals surface area contributed by atoms with E-state index in [2.05, 4.69) is 5.32 Å². The van der Waals surface area contributed by atoms with Gasteiger partial charge in [0.25, 0.3) is 0 Å². The van der Waals surface area contributed by atoms with Crippen molar-refractivity contribution >= 4 is 15.9 Å². The highest BCUT2D eigenvalue weighted by Crippen LogP contribution is 2.42. The summed E-state index contributed by atoms with van der Waals surface area (Å²) in [5.41, 5.74) is 0. The average molecular weight is 220 g/mol. The molecule has 1 saturated carbocycles. The number of nitrogens with one attached hydrogen (secondary N) is 1. The van der Waals surface area contributed by atoms with Gasteiger partial charge in [0.1, 0.15) is 0 Å². The Kier molecular flexibility index (Phi) is 2.76. The Morgan fingerprint density at radius 2 is 1.93 bits per heavy atom. The van der Waals surface area contributed by atoms with E-state index in [0.29, 0.717) is 12.8 Å². The molecule has 0 aromatic heterocycles. The lowest BCUT2D eigenvalue weighted by Crippen LogP contribution is -2.42. The highest BCUT2D eigenvalue weighted by molar-refractivity contribution is 7.92. The third kappa shape index (κ3) is 2.17. The van der Waals surface area contributed by atoms with Gasteiger partial charge >= 0.3 is 6.03 Å². The van der Waals surface area contributed by atoms with E-state index < -0.39 is 14.6 Å². The Balaban J connectivity index is 2.51. The van der Waals surface area contributed by atoms with Crippen LogP contribution in [0.3, 0.4) is 0 Å². The fourth-order valence-corrected chi connectivity index (χ4v) is 2.39. The molecule has 5 nitrogen and oxygen atoms in total. The second kappa shape index (κ2) is 3.42. The van der Waals surface area contributed by atoms with E-state index in [1.807, 2.05) is 0 Å². The minimum absolute atomic E-state index is 0.225. The first kappa shape index (κ1) is 11.3. The van der Waals surface area contributed by atoms with Crippen molar-refractivity contribution in [2.45, 2.75) is 17.6 Å². The second-order valence-electron chi connectivity index (χ2n) is 4.01. The van der Waals surface area contributed by atoms with Gasteiger partial charge in [0.15, 0.2) is 9.84 Å². The van der Waals surface area contributed by atoms with Crippen molar-refractivity contribution in [2.24, 2.45) is 0 Å². The Morgan fingerprint density at radius 3 is 2.21 bits per heavy atom. The fourth-order valence-electron chi connectivity index (χ4n) is 1.21. The molecular formula is C8H16N2O3S. The highest BCUT2D eigenvalue weighted by Gasteiger charge is 2.52. The summed E-state index contributed by atoms with van der Waals surface area (Å²) in [5.74, 6) is 0. The van der Waals surface area contributed by atoms with Gasteiger partial charge in [-0.25, -0.2) is 13.2 Å². The van der Waals surface area contributed by atoms with Crippen LogP contribution in [-0.4, -0.2) is 51.0 Å². The zero-order valence-corrected chi connectivity index (χ0v) is 9.52. The van der Waals surface area contributed by atoms with Crippen LogP contribution >= 0.6 is 0 Å². The lowest BCUT2D eigenvalue weighted by Gasteiger charge is -2.16. The molecule has 0 unspecified atom stereocenters. The highest BCUT2D eigenvalue weighted by atomic mass is 32.2. The van der Waals surface area contributed by atoms with Crippen molar-refractivity contribution in [3.63, 3.8) is 0 Å². The smallest absolute Gasteiger partial charge is 0.316 e. The van der Waals surface area contributed by atoms with Gasteiger partial charge in [-0.1, -0.05) is 0 Å². The molecule has 1 aliphatic rings. The molecule has 0 radical (unpaired) electrons. The van der Waals surface area contributed by atoms with Crippen LogP contribution in [0, 0.1) is 0 Å². The summed E-state index contributed by atoms with van der Waals surface area (Å²) >= 11 is 0. The van der Waals surface area contributed by atoms with E-state index in [1.165, 1.54) is 11.2 Å². The molecule has 0 aromatic rings. The topological polar surface area (TPSA) is 66.5 Å². The Labute approximate surface area is 84.4 Å². The van der Waals surface area contributed by atoms with Crippen LogP contribution in [0.4, 0.5) is 4.79 Å². The summed E-state index contributed by atoms with van der Waals surface area (Å²) in [4.78, 5) is 12.6. The molecule has 0 atom stereocenters. The summed E-state index contributed by atoms with van der Waals surface area (Å²) in [5, 5.41) is 2.60. The quantitative estimate of drug-likeness (QED) is 0.718. The average Bonchev–Trinajstić information content (AvgIpc) is 2.78. The molecule has 14 heavy (non-hydrogen) atoms. The molecule has 1 aliphatic carbocycles. The first-order chi connectivity index (χ1) is 6.28. The number of carbonyl (C=O) groups is 1. The number of rotatable bonds is 3. The van der Waals surface area contributed by atoms with Crippen LogP contribution in [0.15, 0.2) is 0 Å². The Bertz CT molecular complexity index is 330. The van der Waals surface area contributed by atoms with Crippen LogP contribution < -0.4 is 5.32 Å². The van der Waals surface area contributed by atoms with Gasteiger partial charge in [0, 0.05) is 26.9 Å². The van der Waals surface area contributed by atoms with Crippen LogP contribution in [0.5, 0.6) is 0 Å². The number of urea groups is 1. The van der Waals surface area contributed by atoms with Gasteiger partial charge in [0.2, 0.25) is 0 Å². The molecule has 0 heterocycles. The molecule has 0 bridgehead atoms. The van der Waals surface area contributed by atoms with Gasteiger partial charge in [-0.05, 0) is 12.8 Å². The predicted molar refractivity (Wildman–Crippen MR) is 53.9 cm³/mol. The molecule has 0 saturated heterocycles. The molecule has 1 fully saturated rings. The molecule has 1 N–H and O–H groups in total. The predicted octanol–water partition coefficient (Wildman–Crippen LogP) is -0.165. The number of nitrogens with zero attached hydrogens (tertiary/aromatic N) is 1. The molecule has 0 aliphatic heterocycles. The van der Waals surface area contributed by atoms with Gasteiger partial charge in [-0.3, -0.25) is 0 Å². The standard InChI is InChI=1S/C8H16N2O3S/c1-10(2)7(11)9-6-8(4-5-8)14(3,12)13/h4-6H2,1-3H3,(H,9,11). The maximum Gasteiger partial charge on any atom is 0.316 e. The van der Waals surface area contributed by atoms with Crippen LogP contribution in [0.1, 0.15) is 12.8 Å². The van der Waals surface area contributed by atoms with Crippen LogP contribution in [0.25, 0.3) is 0 Å². The van der Waals surface area contributed by atoms with Gasteiger partial charge in [0.05, 0.1) is 4.75 Å².